The third-order valence-corrected chi connectivity index (χ3v) is 7.43. The maximum Gasteiger partial charge on any atom is 0.494 e. The first-order chi connectivity index (χ1) is 17.0. The molecule has 0 N–H and O–H groups in total. The summed E-state index contributed by atoms with van der Waals surface area (Å²) in [6.45, 7) is 16.9. The summed E-state index contributed by atoms with van der Waals surface area (Å²) in [5.41, 5.74) is 4.38. The van der Waals surface area contributed by atoms with Gasteiger partial charge in [0.1, 0.15) is 5.76 Å². The zero-order chi connectivity index (χ0) is 26.0. The minimum absolute atomic E-state index is 0.355. The molecule has 0 bridgehead atoms. The van der Waals surface area contributed by atoms with E-state index in [1.807, 2.05) is 18.2 Å². The Morgan fingerprint density at radius 1 is 0.861 bits per heavy atom. The van der Waals surface area contributed by atoms with Crippen LogP contribution in [-0.2, 0) is 28.6 Å². The summed E-state index contributed by atoms with van der Waals surface area (Å²) in [6, 6.07) is 22.9. The first kappa shape index (κ1) is 26.2. The number of allylic oxidation sites excluding steroid dienone is 1. The Hall–Kier alpha value is -2.89. The van der Waals surface area contributed by atoms with Gasteiger partial charge >= 0.3 is 7.12 Å². The molecule has 36 heavy (non-hydrogen) atoms. The molecule has 0 radical (unpaired) electrons. The minimum atomic E-state index is -0.382. The highest BCUT2D eigenvalue weighted by Crippen LogP contribution is 2.36. The normalized spacial score (nSPS) is 18.7. The van der Waals surface area contributed by atoms with Crippen LogP contribution in [0.3, 0.4) is 0 Å². The van der Waals surface area contributed by atoms with Crippen molar-refractivity contribution in [1.82, 2.24) is 0 Å². The van der Waals surface area contributed by atoms with Crippen molar-refractivity contribution in [2.45, 2.75) is 77.5 Å². The summed E-state index contributed by atoms with van der Waals surface area (Å²) in [7, 11) is -0.361. The number of hydrogen-bond acceptors (Lipinski definition) is 4. The Kier molecular flexibility index (Phi) is 7.45. The highest BCUT2D eigenvalue weighted by molar-refractivity contribution is 6.62. The second kappa shape index (κ2) is 10.2. The van der Waals surface area contributed by atoms with Crippen LogP contribution < -0.4 is 5.46 Å². The molecule has 3 aromatic rings. The lowest BCUT2D eigenvalue weighted by molar-refractivity contribution is 0.00578. The second-order valence-electron chi connectivity index (χ2n) is 11.2. The van der Waals surface area contributed by atoms with Crippen LogP contribution in [0.5, 0.6) is 0 Å². The topological polar surface area (TPSA) is 44.0 Å². The van der Waals surface area contributed by atoms with E-state index in [-0.39, 0.29) is 23.9 Å². The van der Waals surface area contributed by atoms with E-state index in [0.29, 0.717) is 6.42 Å². The molecule has 1 saturated heterocycles. The molecule has 1 fully saturated rings. The van der Waals surface area contributed by atoms with Crippen LogP contribution >= 0.6 is 0 Å². The average Bonchev–Trinajstić information content (AvgIpc) is 3.39. The van der Waals surface area contributed by atoms with Crippen molar-refractivity contribution in [3.8, 4) is 0 Å². The van der Waals surface area contributed by atoms with Gasteiger partial charge in [0.15, 0.2) is 0 Å². The fraction of sp³-hybridized carbons (Fsp3) is 0.387. The molecule has 0 aliphatic carbocycles. The van der Waals surface area contributed by atoms with Gasteiger partial charge in [0.05, 0.1) is 23.0 Å². The largest absolute Gasteiger partial charge is 0.494 e. The van der Waals surface area contributed by atoms with Gasteiger partial charge in [-0.2, -0.15) is 0 Å². The van der Waals surface area contributed by atoms with Gasteiger partial charge in [-0.3, -0.25) is 4.99 Å². The fourth-order valence-corrected chi connectivity index (χ4v) is 4.60. The second-order valence-corrected chi connectivity index (χ2v) is 11.2. The summed E-state index contributed by atoms with van der Waals surface area (Å²) < 4.78 is 18.2. The predicted octanol–water partition coefficient (Wildman–Crippen LogP) is 6.38. The van der Waals surface area contributed by atoms with Crippen molar-refractivity contribution in [3.63, 3.8) is 0 Å². The number of benzene rings is 2. The average molecular weight is 483 g/mol. The van der Waals surface area contributed by atoms with E-state index in [2.05, 4.69) is 96.7 Å². The lowest BCUT2D eigenvalue weighted by atomic mass is 9.78. The first-order valence-electron chi connectivity index (χ1n) is 12.7. The van der Waals surface area contributed by atoms with E-state index >= 15 is 0 Å². The molecule has 4 nitrogen and oxygen atoms in total. The Bertz CT molecular complexity index is 1180. The van der Waals surface area contributed by atoms with Gasteiger partial charge < -0.3 is 13.7 Å². The Labute approximate surface area is 216 Å². The van der Waals surface area contributed by atoms with Crippen LogP contribution in [0.1, 0.15) is 58.4 Å². The molecule has 1 aromatic heterocycles. The van der Waals surface area contributed by atoms with E-state index in [0.717, 1.165) is 35.3 Å². The maximum absolute atomic E-state index is 6.22. The Morgan fingerprint density at radius 3 is 2.08 bits per heavy atom. The molecule has 2 aromatic carbocycles. The molecule has 0 spiro atoms. The zero-order valence-electron chi connectivity index (χ0n) is 22.5. The first-order valence-corrected chi connectivity index (χ1v) is 12.7. The van der Waals surface area contributed by atoms with Crippen LogP contribution in [-0.4, -0.2) is 29.6 Å². The van der Waals surface area contributed by atoms with Crippen LogP contribution in [0.25, 0.3) is 0 Å². The van der Waals surface area contributed by atoms with Gasteiger partial charge in [0.2, 0.25) is 0 Å². The molecule has 0 saturated carbocycles. The highest BCUT2D eigenvalue weighted by atomic mass is 16.7. The van der Waals surface area contributed by atoms with Gasteiger partial charge in [0.25, 0.3) is 0 Å². The number of hydrogen-bond donors (Lipinski definition) is 0. The molecular weight excluding hydrogens is 445 g/mol. The van der Waals surface area contributed by atoms with E-state index in [4.69, 9.17) is 18.7 Å². The van der Waals surface area contributed by atoms with Crippen molar-refractivity contribution < 1.29 is 13.7 Å². The monoisotopic (exact) mass is 483 g/mol. The van der Waals surface area contributed by atoms with Crippen LogP contribution in [0.4, 0.5) is 0 Å². The van der Waals surface area contributed by atoms with Crippen molar-refractivity contribution in [2.75, 3.05) is 0 Å². The SMILES string of the molecule is C=C(Cc1ccccc1)C(C)=NC(C)(Cc1ccc(B2OC(C)(C)C(C)(C)O2)cc1)Cc1ccco1. The molecule has 1 aliphatic heterocycles. The summed E-state index contributed by atoms with van der Waals surface area (Å²) in [4.78, 5) is 5.22. The van der Waals surface area contributed by atoms with Crippen molar-refractivity contribution >= 4 is 18.3 Å². The summed E-state index contributed by atoms with van der Waals surface area (Å²) in [5.74, 6) is 0.927. The molecule has 1 aliphatic rings. The molecule has 4 rings (SSSR count). The maximum atomic E-state index is 6.22. The van der Waals surface area contributed by atoms with Gasteiger partial charge in [-0.25, -0.2) is 0 Å². The molecule has 188 valence electrons. The molecule has 5 heteroatoms. The number of aliphatic imine (C=N–C) groups is 1. The van der Waals surface area contributed by atoms with Crippen LogP contribution in [0.15, 0.2) is 94.6 Å². The zero-order valence-corrected chi connectivity index (χ0v) is 22.5. The minimum Gasteiger partial charge on any atom is -0.469 e. The summed E-state index contributed by atoms with van der Waals surface area (Å²) in [6.07, 6.45) is 3.98. The third-order valence-electron chi connectivity index (χ3n) is 7.43. The lowest BCUT2D eigenvalue weighted by Crippen LogP contribution is -2.41. The van der Waals surface area contributed by atoms with Crippen LogP contribution in [0.2, 0.25) is 0 Å². The number of nitrogens with zero attached hydrogens (tertiary/aromatic N) is 1. The Balaban J connectivity index is 1.53. The van der Waals surface area contributed by atoms with Crippen molar-refractivity contribution in [3.05, 3.63) is 102 Å². The fourth-order valence-electron chi connectivity index (χ4n) is 4.60. The van der Waals surface area contributed by atoms with Crippen molar-refractivity contribution in [1.29, 1.82) is 0 Å². The highest BCUT2D eigenvalue weighted by Gasteiger charge is 2.51. The molecule has 2 heterocycles. The predicted molar refractivity (Wildman–Crippen MR) is 149 cm³/mol. The molecule has 0 amide bonds. The van der Waals surface area contributed by atoms with E-state index in [1.54, 1.807) is 6.26 Å². The number of furan rings is 1. The van der Waals surface area contributed by atoms with Crippen LogP contribution in [0, 0.1) is 0 Å². The third kappa shape index (κ3) is 6.08. The molecular formula is C31H38BNO3. The lowest BCUT2D eigenvalue weighted by Gasteiger charge is -2.32. The van der Waals surface area contributed by atoms with Gasteiger partial charge in [-0.1, -0.05) is 61.2 Å². The van der Waals surface area contributed by atoms with Gasteiger partial charge in [0, 0.05) is 12.1 Å². The summed E-state index contributed by atoms with van der Waals surface area (Å²) >= 11 is 0. The van der Waals surface area contributed by atoms with Gasteiger partial charge in [-0.05, 0) is 88.7 Å². The van der Waals surface area contributed by atoms with E-state index < -0.39 is 0 Å². The van der Waals surface area contributed by atoms with Gasteiger partial charge in [-0.15, -0.1) is 0 Å². The Morgan fingerprint density at radius 2 is 1.50 bits per heavy atom. The van der Waals surface area contributed by atoms with E-state index in [9.17, 15) is 0 Å². The number of rotatable bonds is 9. The molecule has 1 unspecified atom stereocenters. The standard InChI is InChI=1S/C31H38BNO3/c1-23(20-25-12-9-8-10-13-25)24(2)33-31(7,22-28-14-11-19-34-28)21-26-15-17-27(18-16-26)32-35-29(3,4)30(5,6)36-32/h8-19H,1,20-22H2,2-7H3. The van der Waals surface area contributed by atoms with Crippen molar-refractivity contribution in [2.24, 2.45) is 4.99 Å². The smallest absolute Gasteiger partial charge is 0.469 e. The molecule has 1 atom stereocenters. The summed E-state index contributed by atoms with van der Waals surface area (Å²) in [5, 5.41) is 0. The quantitative estimate of drug-likeness (QED) is 0.262. The van der Waals surface area contributed by atoms with E-state index in [1.165, 1.54) is 11.1 Å².